The summed E-state index contributed by atoms with van der Waals surface area (Å²) < 4.78 is 5.33. The van der Waals surface area contributed by atoms with Crippen molar-refractivity contribution in [1.82, 2.24) is 4.90 Å². The molecule has 1 unspecified atom stereocenters. The molecule has 1 amide bonds. The third-order valence-electron chi connectivity index (χ3n) is 2.95. The maximum Gasteiger partial charge on any atom is 0.248 e. The minimum absolute atomic E-state index is 0.0619. The van der Waals surface area contributed by atoms with Crippen molar-refractivity contribution >= 4 is 5.91 Å². The predicted octanol–water partition coefficient (Wildman–Crippen LogP) is 1.17. The number of nitrogens with zero attached hydrogens (tertiary/aromatic N) is 1. The second-order valence-electron chi connectivity index (χ2n) is 4.61. The normalized spacial score (nSPS) is 21.5. The monoisotopic (exact) mass is 229 g/mol. The van der Waals surface area contributed by atoms with Crippen LogP contribution in [0.25, 0.3) is 0 Å². The molecule has 1 fully saturated rings. The molecule has 1 rings (SSSR count). The van der Waals surface area contributed by atoms with E-state index in [-0.39, 0.29) is 31.3 Å². The molecule has 0 aromatic rings. The van der Waals surface area contributed by atoms with E-state index in [2.05, 4.69) is 0 Å². The molecule has 1 atom stereocenters. The van der Waals surface area contributed by atoms with Crippen LogP contribution in [0.15, 0.2) is 0 Å². The van der Waals surface area contributed by atoms with Crippen molar-refractivity contribution in [3.05, 3.63) is 0 Å². The van der Waals surface area contributed by atoms with Gasteiger partial charge in [0.05, 0.1) is 6.10 Å². The Bertz CT molecular complexity index is 216. The van der Waals surface area contributed by atoms with Gasteiger partial charge in [0.25, 0.3) is 0 Å². The van der Waals surface area contributed by atoms with Crippen molar-refractivity contribution in [1.29, 1.82) is 0 Å². The summed E-state index contributed by atoms with van der Waals surface area (Å²) in [4.78, 5) is 13.8. The second-order valence-corrected chi connectivity index (χ2v) is 4.61. The zero-order valence-electron chi connectivity index (χ0n) is 10.3. The lowest BCUT2D eigenvalue weighted by Gasteiger charge is -2.35. The van der Waals surface area contributed by atoms with E-state index in [1.165, 1.54) is 0 Å². The molecule has 0 saturated carbocycles. The number of hydrogen-bond acceptors (Lipinski definition) is 3. The van der Waals surface area contributed by atoms with Gasteiger partial charge in [-0.05, 0) is 39.5 Å². The molecule has 0 radical (unpaired) electrons. The molecular weight excluding hydrogens is 206 g/mol. The van der Waals surface area contributed by atoms with Crippen LogP contribution in [0.2, 0.25) is 0 Å². The number of aliphatic hydroxyl groups excluding tert-OH is 1. The number of ether oxygens (including phenoxy) is 1. The highest BCUT2D eigenvalue weighted by Gasteiger charge is 2.26. The molecule has 1 aliphatic rings. The van der Waals surface area contributed by atoms with E-state index >= 15 is 0 Å². The SMILES string of the molecule is CC(C)OCC(=O)N1CCCCC1CCO. The summed E-state index contributed by atoms with van der Waals surface area (Å²) in [6.45, 7) is 4.98. The van der Waals surface area contributed by atoms with Crippen LogP contribution < -0.4 is 0 Å². The van der Waals surface area contributed by atoms with Gasteiger partial charge in [-0.2, -0.15) is 0 Å². The molecule has 4 heteroatoms. The van der Waals surface area contributed by atoms with Crippen LogP contribution in [-0.2, 0) is 9.53 Å². The maximum absolute atomic E-state index is 11.9. The van der Waals surface area contributed by atoms with Crippen molar-refractivity contribution in [2.45, 2.75) is 51.7 Å². The molecule has 4 nitrogen and oxygen atoms in total. The maximum atomic E-state index is 11.9. The Balaban J connectivity index is 2.43. The zero-order valence-corrected chi connectivity index (χ0v) is 10.3. The topological polar surface area (TPSA) is 49.8 Å². The van der Waals surface area contributed by atoms with Gasteiger partial charge in [0.2, 0.25) is 5.91 Å². The number of hydrogen-bond donors (Lipinski definition) is 1. The average Bonchev–Trinajstić information content (AvgIpc) is 2.27. The first-order valence-corrected chi connectivity index (χ1v) is 6.17. The van der Waals surface area contributed by atoms with E-state index in [0.717, 1.165) is 25.8 Å². The Morgan fingerprint density at radius 3 is 2.88 bits per heavy atom. The van der Waals surface area contributed by atoms with Gasteiger partial charge in [-0.15, -0.1) is 0 Å². The Labute approximate surface area is 97.6 Å². The Morgan fingerprint density at radius 1 is 1.50 bits per heavy atom. The predicted molar refractivity (Wildman–Crippen MR) is 62.1 cm³/mol. The summed E-state index contributed by atoms with van der Waals surface area (Å²) >= 11 is 0. The fraction of sp³-hybridized carbons (Fsp3) is 0.917. The van der Waals surface area contributed by atoms with Crippen molar-refractivity contribution in [3.8, 4) is 0 Å². The van der Waals surface area contributed by atoms with Crippen molar-refractivity contribution in [3.63, 3.8) is 0 Å². The quantitative estimate of drug-likeness (QED) is 0.770. The van der Waals surface area contributed by atoms with Gasteiger partial charge in [0.1, 0.15) is 6.61 Å². The number of piperidine rings is 1. The van der Waals surface area contributed by atoms with E-state index in [1.807, 2.05) is 18.7 Å². The number of aliphatic hydroxyl groups is 1. The number of amides is 1. The first kappa shape index (κ1) is 13.5. The number of likely N-dealkylation sites (tertiary alicyclic amines) is 1. The van der Waals surface area contributed by atoms with Crippen LogP contribution in [0.4, 0.5) is 0 Å². The largest absolute Gasteiger partial charge is 0.396 e. The molecular formula is C12H23NO3. The summed E-state index contributed by atoms with van der Waals surface area (Å²) in [5.41, 5.74) is 0. The van der Waals surface area contributed by atoms with Gasteiger partial charge in [-0.3, -0.25) is 4.79 Å². The molecule has 1 heterocycles. The van der Waals surface area contributed by atoms with Crippen molar-refractivity contribution in [2.24, 2.45) is 0 Å². The molecule has 1 aliphatic heterocycles. The molecule has 94 valence electrons. The molecule has 0 aromatic heterocycles. The highest BCUT2D eigenvalue weighted by atomic mass is 16.5. The third kappa shape index (κ3) is 4.10. The first-order chi connectivity index (χ1) is 7.65. The third-order valence-corrected chi connectivity index (χ3v) is 2.95. The molecule has 0 aliphatic carbocycles. The van der Waals surface area contributed by atoms with Crippen molar-refractivity contribution < 1.29 is 14.6 Å². The molecule has 0 aromatic carbocycles. The zero-order chi connectivity index (χ0) is 12.0. The smallest absolute Gasteiger partial charge is 0.248 e. The van der Waals surface area contributed by atoms with E-state index < -0.39 is 0 Å². The molecule has 1 N–H and O–H groups in total. The van der Waals surface area contributed by atoms with Crippen LogP contribution in [0.3, 0.4) is 0 Å². The van der Waals surface area contributed by atoms with Gasteiger partial charge in [0, 0.05) is 19.2 Å². The van der Waals surface area contributed by atoms with Gasteiger partial charge in [0.15, 0.2) is 0 Å². The minimum Gasteiger partial charge on any atom is -0.396 e. The molecule has 1 saturated heterocycles. The number of carbonyl (C=O) groups is 1. The van der Waals surface area contributed by atoms with Gasteiger partial charge in [-0.25, -0.2) is 0 Å². The van der Waals surface area contributed by atoms with Crippen molar-refractivity contribution in [2.75, 3.05) is 19.8 Å². The fourth-order valence-corrected chi connectivity index (χ4v) is 2.10. The summed E-state index contributed by atoms with van der Waals surface area (Å²) in [6, 6.07) is 0.210. The van der Waals surface area contributed by atoms with E-state index in [1.54, 1.807) is 0 Å². The fourth-order valence-electron chi connectivity index (χ4n) is 2.10. The van der Waals surface area contributed by atoms with Crippen LogP contribution in [0.1, 0.15) is 39.5 Å². The van der Waals surface area contributed by atoms with E-state index in [0.29, 0.717) is 6.42 Å². The lowest BCUT2D eigenvalue weighted by atomic mass is 9.99. The minimum atomic E-state index is 0.0619. The Kier molecular flexibility index (Phi) is 5.77. The molecule has 0 spiro atoms. The first-order valence-electron chi connectivity index (χ1n) is 6.17. The molecule has 0 bridgehead atoms. The average molecular weight is 229 g/mol. The standard InChI is InChI=1S/C12H23NO3/c1-10(2)16-9-12(15)13-7-4-3-5-11(13)6-8-14/h10-11,14H,3-9H2,1-2H3. The highest BCUT2D eigenvalue weighted by Crippen LogP contribution is 2.19. The number of rotatable bonds is 5. The van der Waals surface area contributed by atoms with Gasteiger partial charge in [-0.1, -0.05) is 0 Å². The Morgan fingerprint density at radius 2 is 2.25 bits per heavy atom. The summed E-state index contributed by atoms with van der Waals surface area (Å²) in [5, 5.41) is 8.97. The van der Waals surface area contributed by atoms with Crippen LogP contribution >= 0.6 is 0 Å². The second kappa shape index (κ2) is 6.86. The van der Waals surface area contributed by atoms with E-state index in [9.17, 15) is 4.79 Å². The lowest BCUT2D eigenvalue weighted by molar-refractivity contribution is -0.141. The summed E-state index contributed by atoms with van der Waals surface area (Å²) in [7, 11) is 0. The molecule has 16 heavy (non-hydrogen) atoms. The Hall–Kier alpha value is -0.610. The van der Waals surface area contributed by atoms with E-state index in [4.69, 9.17) is 9.84 Å². The number of carbonyl (C=O) groups excluding carboxylic acids is 1. The van der Waals surface area contributed by atoms with Gasteiger partial charge < -0.3 is 14.7 Å². The highest BCUT2D eigenvalue weighted by molar-refractivity contribution is 5.77. The van der Waals surface area contributed by atoms with Crippen LogP contribution in [0.5, 0.6) is 0 Å². The van der Waals surface area contributed by atoms with Crippen LogP contribution in [-0.4, -0.2) is 47.8 Å². The van der Waals surface area contributed by atoms with Gasteiger partial charge >= 0.3 is 0 Å². The summed E-state index contributed by atoms with van der Waals surface area (Å²) in [5.74, 6) is 0.0619. The van der Waals surface area contributed by atoms with Crippen LogP contribution in [0, 0.1) is 0 Å². The summed E-state index contributed by atoms with van der Waals surface area (Å²) in [6.07, 6.45) is 4.00. The lowest BCUT2D eigenvalue weighted by Crippen LogP contribution is -2.46.